The molecular formula is C14H18N4O3. The molecule has 0 saturated heterocycles. The summed E-state index contributed by atoms with van der Waals surface area (Å²) in [5, 5.41) is 15.8. The maximum absolute atomic E-state index is 12.1. The third-order valence-electron chi connectivity index (χ3n) is 3.14. The molecule has 0 spiro atoms. The van der Waals surface area contributed by atoms with Crippen LogP contribution in [0.4, 0.5) is 0 Å². The fourth-order valence-corrected chi connectivity index (χ4v) is 2.14. The van der Waals surface area contributed by atoms with Crippen LogP contribution in [-0.2, 0) is 4.79 Å². The van der Waals surface area contributed by atoms with Crippen LogP contribution in [0.15, 0.2) is 24.7 Å². The predicted molar refractivity (Wildman–Crippen MR) is 75.9 cm³/mol. The van der Waals surface area contributed by atoms with Gasteiger partial charge in [0.1, 0.15) is 5.56 Å². The molecule has 0 aromatic carbocycles. The first kappa shape index (κ1) is 15.0. The minimum absolute atomic E-state index is 0.0938. The Hall–Kier alpha value is -2.44. The van der Waals surface area contributed by atoms with Gasteiger partial charge in [-0.2, -0.15) is 5.10 Å². The van der Waals surface area contributed by atoms with Crippen molar-refractivity contribution in [2.75, 3.05) is 6.54 Å². The lowest BCUT2D eigenvalue weighted by Crippen LogP contribution is -2.33. The van der Waals surface area contributed by atoms with E-state index in [-0.39, 0.29) is 18.4 Å². The molecule has 2 N–H and O–H groups in total. The summed E-state index contributed by atoms with van der Waals surface area (Å²) >= 11 is 0. The SMILES string of the molecule is CC(C)CC(CNC(=O)c1cnn2cccnc12)C(=O)O. The van der Waals surface area contributed by atoms with Crippen molar-refractivity contribution in [2.24, 2.45) is 11.8 Å². The van der Waals surface area contributed by atoms with Gasteiger partial charge in [-0.15, -0.1) is 0 Å². The number of carbonyl (C=O) groups excluding carboxylic acids is 1. The number of hydrogen-bond donors (Lipinski definition) is 2. The lowest BCUT2D eigenvalue weighted by molar-refractivity contribution is -0.142. The summed E-state index contributed by atoms with van der Waals surface area (Å²) in [6.45, 7) is 4.00. The average molecular weight is 290 g/mol. The molecule has 0 aliphatic carbocycles. The maximum Gasteiger partial charge on any atom is 0.308 e. The monoisotopic (exact) mass is 290 g/mol. The van der Waals surface area contributed by atoms with E-state index in [1.54, 1.807) is 18.5 Å². The number of nitrogens with one attached hydrogen (secondary N) is 1. The Morgan fingerprint density at radius 2 is 2.19 bits per heavy atom. The van der Waals surface area contributed by atoms with Crippen molar-refractivity contribution in [3.05, 3.63) is 30.2 Å². The van der Waals surface area contributed by atoms with Crippen LogP contribution < -0.4 is 5.32 Å². The van der Waals surface area contributed by atoms with Gasteiger partial charge in [-0.1, -0.05) is 13.8 Å². The summed E-state index contributed by atoms with van der Waals surface area (Å²) < 4.78 is 1.50. The molecule has 0 bridgehead atoms. The van der Waals surface area contributed by atoms with E-state index in [9.17, 15) is 9.59 Å². The van der Waals surface area contributed by atoms with Crippen molar-refractivity contribution < 1.29 is 14.7 Å². The quantitative estimate of drug-likeness (QED) is 0.833. The minimum Gasteiger partial charge on any atom is -0.481 e. The number of nitrogens with zero attached hydrogens (tertiary/aromatic N) is 3. The van der Waals surface area contributed by atoms with Crippen molar-refractivity contribution in [3.63, 3.8) is 0 Å². The summed E-state index contributed by atoms with van der Waals surface area (Å²) in [7, 11) is 0. The molecule has 0 aliphatic heterocycles. The third kappa shape index (κ3) is 3.56. The smallest absolute Gasteiger partial charge is 0.308 e. The van der Waals surface area contributed by atoms with E-state index in [2.05, 4.69) is 15.4 Å². The van der Waals surface area contributed by atoms with Crippen molar-refractivity contribution >= 4 is 17.5 Å². The highest BCUT2D eigenvalue weighted by Gasteiger charge is 2.21. The molecule has 112 valence electrons. The van der Waals surface area contributed by atoms with Gasteiger partial charge in [-0.25, -0.2) is 9.50 Å². The average Bonchev–Trinajstić information content (AvgIpc) is 2.86. The second-order valence-electron chi connectivity index (χ2n) is 5.32. The fourth-order valence-electron chi connectivity index (χ4n) is 2.14. The van der Waals surface area contributed by atoms with Gasteiger partial charge in [0.25, 0.3) is 5.91 Å². The Kier molecular flexibility index (Phi) is 4.52. The van der Waals surface area contributed by atoms with Crippen LogP contribution in [0, 0.1) is 11.8 Å². The zero-order valence-electron chi connectivity index (χ0n) is 12.0. The van der Waals surface area contributed by atoms with Crippen LogP contribution >= 0.6 is 0 Å². The van der Waals surface area contributed by atoms with Crippen LogP contribution in [0.2, 0.25) is 0 Å². The van der Waals surface area contributed by atoms with Crippen molar-refractivity contribution in [1.29, 1.82) is 0 Å². The standard InChI is InChI=1S/C14H18N4O3/c1-9(2)6-10(14(20)21)7-16-13(19)11-8-17-18-5-3-4-15-12(11)18/h3-5,8-10H,6-7H2,1-2H3,(H,16,19)(H,20,21). The normalized spacial score (nSPS) is 12.5. The first-order valence-corrected chi connectivity index (χ1v) is 6.78. The second-order valence-corrected chi connectivity index (χ2v) is 5.32. The molecular weight excluding hydrogens is 272 g/mol. The van der Waals surface area contributed by atoms with Gasteiger partial charge in [0, 0.05) is 18.9 Å². The summed E-state index contributed by atoms with van der Waals surface area (Å²) in [6, 6.07) is 1.71. The molecule has 2 heterocycles. The highest BCUT2D eigenvalue weighted by molar-refractivity contribution is 5.99. The van der Waals surface area contributed by atoms with E-state index in [1.165, 1.54) is 10.7 Å². The summed E-state index contributed by atoms with van der Waals surface area (Å²) in [5.41, 5.74) is 0.787. The lowest BCUT2D eigenvalue weighted by Gasteiger charge is -2.15. The Labute approximate surface area is 122 Å². The number of amides is 1. The lowest BCUT2D eigenvalue weighted by atomic mass is 9.97. The van der Waals surface area contributed by atoms with E-state index in [4.69, 9.17) is 5.11 Å². The Balaban J connectivity index is 2.05. The highest BCUT2D eigenvalue weighted by atomic mass is 16.4. The van der Waals surface area contributed by atoms with E-state index in [0.717, 1.165) is 0 Å². The molecule has 1 amide bonds. The molecule has 7 nitrogen and oxygen atoms in total. The zero-order valence-corrected chi connectivity index (χ0v) is 12.0. The number of hydrogen-bond acceptors (Lipinski definition) is 4. The summed E-state index contributed by atoms with van der Waals surface area (Å²) in [6.07, 6.45) is 5.21. The number of aliphatic carboxylic acids is 1. The highest BCUT2D eigenvalue weighted by Crippen LogP contribution is 2.12. The van der Waals surface area contributed by atoms with Gasteiger partial charge < -0.3 is 10.4 Å². The van der Waals surface area contributed by atoms with E-state index < -0.39 is 11.9 Å². The van der Waals surface area contributed by atoms with Crippen LogP contribution in [0.1, 0.15) is 30.6 Å². The van der Waals surface area contributed by atoms with Crippen molar-refractivity contribution in [3.8, 4) is 0 Å². The Morgan fingerprint density at radius 1 is 1.43 bits per heavy atom. The molecule has 1 unspecified atom stereocenters. The van der Waals surface area contributed by atoms with Crippen LogP contribution in [0.25, 0.3) is 5.65 Å². The Bertz CT molecular complexity index is 650. The van der Waals surface area contributed by atoms with Crippen molar-refractivity contribution in [1.82, 2.24) is 19.9 Å². The van der Waals surface area contributed by atoms with Crippen LogP contribution in [-0.4, -0.2) is 38.1 Å². The number of carboxylic acid groups (broad SMARTS) is 1. The second kappa shape index (κ2) is 6.34. The van der Waals surface area contributed by atoms with E-state index in [0.29, 0.717) is 17.6 Å². The largest absolute Gasteiger partial charge is 0.481 e. The zero-order chi connectivity index (χ0) is 15.4. The van der Waals surface area contributed by atoms with Gasteiger partial charge >= 0.3 is 5.97 Å². The summed E-state index contributed by atoms with van der Waals surface area (Å²) in [4.78, 5) is 27.4. The number of aromatic nitrogens is 3. The first-order chi connectivity index (χ1) is 9.99. The first-order valence-electron chi connectivity index (χ1n) is 6.78. The maximum atomic E-state index is 12.1. The number of carbonyl (C=O) groups is 2. The van der Waals surface area contributed by atoms with Gasteiger partial charge in [0.05, 0.1) is 12.1 Å². The molecule has 0 saturated carbocycles. The van der Waals surface area contributed by atoms with Gasteiger partial charge in [0.2, 0.25) is 0 Å². The molecule has 2 aromatic heterocycles. The molecule has 0 radical (unpaired) electrons. The molecule has 0 aliphatic rings. The van der Waals surface area contributed by atoms with Crippen molar-refractivity contribution in [2.45, 2.75) is 20.3 Å². The molecule has 21 heavy (non-hydrogen) atoms. The van der Waals surface area contributed by atoms with Gasteiger partial charge in [0.15, 0.2) is 5.65 Å². The molecule has 2 aromatic rings. The molecule has 1 atom stereocenters. The Morgan fingerprint density at radius 3 is 2.86 bits per heavy atom. The fraction of sp³-hybridized carbons (Fsp3) is 0.429. The number of fused-ring (bicyclic) bond motifs is 1. The topological polar surface area (TPSA) is 96.6 Å². The molecule has 7 heteroatoms. The van der Waals surface area contributed by atoms with E-state index in [1.807, 2.05) is 13.8 Å². The third-order valence-corrected chi connectivity index (χ3v) is 3.14. The van der Waals surface area contributed by atoms with E-state index >= 15 is 0 Å². The van der Waals surface area contributed by atoms with Gasteiger partial charge in [-0.3, -0.25) is 9.59 Å². The van der Waals surface area contributed by atoms with Gasteiger partial charge in [-0.05, 0) is 18.4 Å². The molecule has 0 fully saturated rings. The van der Waals surface area contributed by atoms with Crippen LogP contribution in [0.5, 0.6) is 0 Å². The van der Waals surface area contributed by atoms with Crippen LogP contribution in [0.3, 0.4) is 0 Å². The minimum atomic E-state index is -0.901. The number of rotatable bonds is 6. The summed E-state index contributed by atoms with van der Waals surface area (Å²) in [5.74, 6) is -1.61. The molecule has 2 rings (SSSR count). The number of carboxylic acids is 1. The predicted octanol–water partition coefficient (Wildman–Crippen LogP) is 1.21.